The Balaban J connectivity index is 1.66. The van der Waals surface area contributed by atoms with Gasteiger partial charge in [0.1, 0.15) is 11.4 Å². The summed E-state index contributed by atoms with van der Waals surface area (Å²) in [6.45, 7) is 4.76. The van der Waals surface area contributed by atoms with E-state index in [2.05, 4.69) is 6.92 Å². The van der Waals surface area contributed by atoms with Crippen LogP contribution >= 0.6 is 0 Å². The number of ether oxygens (including phenoxy) is 1. The first-order chi connectivity index (χ1) is 13.5. The number of Topliss-reactive ketones (excluding diaryl/α,β-unsaturated/α-hetero) is 2. The second-order valence-electron chi connectivity index (χ2n) is 10.0. The molecule has 0 aromatic rings. The van der Waals surface area contributed by atoms with Crippen molar-refractivity contribution >= 4 is 23.3 Å². The third-order valence-corrected chi connectivity index (χ3v) is 8.67. The van der Waals surface area contributed by atoms with Crippen molar-refractivity contribution in [1.29, 1.82) is 0 Å². The van der Waals surface area contributed by atoms with Gasteiger partial charge in [0.25, 0.3) is 0 Å². The van der Waals surface area contributed by atoms with Crippen molar-refractivity contribution in [3.05, 3.63) is 11.6 Å². The van der Waals surface area contributed by atoms with Crippen LogP contribution < -0.4 is 0 Å². The molecule has 0 amide bonds. The van der Waals surface area contributed by atoms with Crippen molar-refractivity contribution in [2.75, 3.05) is 6.61 Å². The molecule has 3 saturated carbocycles. The van der Waals surface area contributed by atoms with E-state index in [1.165, 1.54) is 6.92 Å². The van der Waals surface area contributed by atoms with E-state index in [1.54, 1.807) is 6.08 Å². The predicted octanol–water partition coefficient (Wildman–Crippen LogP) is 2.56. The van der Waals surface area contributed by atoms with E-state index >= 15 is 0 Å². The average Bonchev–Trinajstić information content (AvgIpc) is 2.91. The zero-order chi connectivity index (χ0) is 21.2. The highest BCUT2D eigenvalue weighted by atomic mass is 16.5. The van der Waals surface area contributed by atoms with Crippen LogP contribution in [0, 0.1) is 28.6 Å². The van der Waals surface area contributed by atoms with Gasteiger partial charge in [-0.05, 0) is 55.4 Å². The highest BCUT2D eigenvalue weighted by molar-refractivity contribution is 5.95. The summed E-state index contributed by atoms with van der Waals surface area (Å²) in [6, 6.07) is 0. The van der Waals surface area contributed by atoms with Gasteiger partial charge < -0.3 is 9.84 Å². The molecule has 3 fully saturated rings. The fourth-order valence-electron chi connectivity index (χ4n) is 7.13. The van der Waals surface area contributed by atoms with Gasteiger partial charge in [0.2, 0.25) is 5.78 Å². The van der Waals surface area contributed by atoms with E-state index in [9.17, 15) is 24.3 Å². The number of carbonyl (C=O) groups is 4. The van der Waals surface area contributed by atoms with Crippen LogP contribution in [-0.2, 0) is 23.9 Å². The van der Waals surface area contributed by atoms with Crippen molar-refractivity contribution in [3.63, 3.8) is 0 Å². The average molecular weight is 402 g/mol. The highest BCUT2D eigenvalue weighted by Gasteiger charge is 2.68. The molecule has 1 N–H and O–H groups in total. The van der Waals surface area contributed by atoms with Crippen LogP contribution in [-0.4, -0.2) is 40.6 Å². The molecule has 0 aromatic carbocycles. The Kier molecular flexibility index (Phi) is 4.65. The minimum Gasteiger partial charge on any atom is -0.458 e. The Labute approximate surface area is 171 Å². The lowest BCUT2D eigenvalue weighted by atomic mass is 9.46. The van der Waals surface area contributed by atoms with Gasteiger partial charge in [-0.3, -0.25) is 19.2 Å². The summed E-state index contributed by atoms with van der Waals surface area (Å²) >= 11 is 0. The fourth-order valence-corrected chi connectivity index (χ4v) is 7.13. The first-order valence-corrected chi connectivity index (χ1v) is 10.7. The first-order valence-electron chi connectivity index (χ1n) is 10.7. The molecule has 4 aliphatic rings. The van der Waals surface area contributed by atoms with Crippen LogP contribution in [0.5, 0.6) is 0 Å². The molecule has 4 aliphatic carbocycles. The first kappa shape index (κ1) is 20.5. The lowest BCUT2D eigenvalue weighted by Gasteiger charge is -2.57. The smallest absolute Gasteiger partial charge is 0.303 e. The second kappa shape index (κ2) is 6.59. The normalized spacial score (nSPS) is 43.7. The van der Waals surface area contributed by atoms with E-state index < -0.39 is 29.4 Å². The molecule has 0 unspecified atom stereocenters. The van der Waals surface area contributed by atoms with Crippen molar-refractivity contribution in [2.24, 2.45) is 28.6 Å². The summed E-state index contributed by atoms with van der Waals surface area (Å²) in [7, 11) is 0. The third-order valence-electron chi connectivity index (χ3n) is 8.67. The number of ketones is 3. The quantitative estimate of drug-likeness (QED) is 0.729. The van der Waals surface area contributed by atoms with Crippen molar-refractivity contribution in [2.45, 2.75) is 71.3 Å². The maximum absolute atomic E-state index is 13.5. The van der Waals surface area contributed by atoms with Crippen molar-refractivity contribution < 1.29 is 29.0 Å². The maximum Gasteiger partial charge on any atom is 0.303 e. The van der Waals surface area contributed by atoms with E-state index in [0.29, 0.717) is 25.7 Å². The Morgan fingerprint density at radius 3 is 2.59 bits per heavy atom. The molecule has 29 heavy (non-hydrogen) atoms. The van der Waals surface area contributed by atoms with E-state index in [4.69, 9.17) is 4.74 Å². The SMILES string of the molecule is CC(=O)OCC(=O)[C@@]1(O)CC[C@H]2[C@H]3CCC4=CC(=O)CC[C@]4(C)[C@@H]3C(=O)C[C@@]21C. The Morgan fingerprint density at radius 1 is 1.17 bits per heavy atom. The lowest BCUT2D eigenvalue weighted by molar-refractivity contribution is -0.173. The van der Waals surface area contributed by atoms with Crippen molar-refractivity contribution in [1.82, 2.24) is 0 Å². The lowest BCUT2D eigenvalue weighted by Crippen LogP contribution is -2.61. The zero-order valence-electron chi connectivity index (χ0n) is 17.5. The Bertz CT molecular complexity index is 827. The van der Waals surface area contributed by atoms with Crippen LogP contribution in [0.1, 0.15) is 65.7 Å². The molecule has 0 saturated heterocycles. The molecular weight excluding hydrogens is 372 g/mol. The summed E-state index contributed by atoms with van der Waals surface area (Å²) in [5, 5.41) is 11.4. The maximum atomic E-state index is 13.5. The molecule has 0 bridgehead atoms. The number of allylic oxidation sites excluding steroid dienone is 1. The number of aliphatic hydroxyl groups is 1. The summed E-state index contributed by atoms with van der Waals surface area (Å²) < 4.78 is 4.86. The van der Waals surface area contributed by atoms with Gasteiger partial charge in [-0.15, -0.1) is 0 Å². The fraction of sp³-hybridized carbons (Fsp3) is 0.739. The molecule has 6 atom stereocenters. The van der Waals surface area contributed by atoms with Gasteiger partial charge in [0.05, 0.1) is 0 Å². The predicted molar refractivity (Wildman–Crippen MR) is 104 cm³/mol. The van der Waals surface area contributed by atoms with Crippen LogP contribution in [0.25, 0.3) is 0 Å². The number of esters is 1. The second-order valence-corrected chi connectivity index (χ2v) is 10.0. The number of fused-ring (bicyclic) bond motifs is 5. The van der Waals surface area contributed by atoms with Gasteiger partial charge >= 0.3 is 5.97 Å². The summed E-state index contributed by atoms with van der Waals surface area (Å²) in [5.41, 5.74) is -1.68. The van der Waals surface area contributed by atoms with E-state index in [1.807, 2.05) is 6.92 Å². The molecular formula is C23H30O6. The summed E-state index contributed by atoms with van der Waals surface area (Å²) in [5.74, 6) is -0.811. The molecule has 6 nitrogen and oxygen atoms in total. The minimum atomic E-state index is -1.65. The van der Waals surface area contributed by atoms with Gasteiger partial charge in [0, 0.05) is 31.1 Å². The molecule has 0 spiro atoms. The van der Waals surface area contributed by atoms with E-state index in [0.717, 1.165) is 18.4 Å². The van der Waals surface area contributed by atoms with Gasteiger partial charge in [0.15, 0.2) is 12.4 Å². The number of rotatable bonds is 3. The Morgan fingerprint density at radius 2 is 1.90 bits per heavy atom. The number of carbonyl (C=O) groups excluding carboxylic acids is 4. The van der Waals surface area contributed by atoms with Crippen LogP contribution in [0.4, 0.5) is 0 Å². The number of hydrogen-bond acceptors (Lipinski definition) is 6. The minimum absolute atomic E-state index is 0.0625. The molecule has 0 aliphatic heterocycles. The molecule has 0 heterocycles. The van der Waals surface area contributed by atoms with Crippen LogP contribution in [0.15, 0.2) is 11.6 Å². The zero-order valence-corrected chi connectivity index (χ0v) is 17.5. The monoisotopic (exact) mass is 402 g/mol. The number of hydrogen-bond donors (Lipinski definition) is 1. The standard InChI is InChI=1S/C23H30O6/c1-13(24)29-12-19(27)23(28)9-7-17-16-5-4-14-10-15(25)6-8-21(14,2)20(16)18(26)11-22(17,23)3/h10,16-17,20,28H,4-9,11-12H2,1-3H3/t16-,17+,20+,21+,22+,23+/m1/s1. The Hall–Kier alpha value is -1.82. The molecule has 6 heteroatoms. The van der Waals surface area contributed by atoms with Crippen LogP contribution in [0.2, 0.25) is 0 Å². The molecule has 0 aromatic heterocycles. The van der Waals surface area contributed by atoms with E-state index in [-0.39, 0.29) is 41.2 Å². The highest BCUT2D eigenvalue weighted by Crippen LogP contribution is 2.66. The van der Waals surface area contributed by atoms with Gasteiger partial charge in [-0.2, -0.15) is 0 Å². The van der Waals surface area contributed by atoms with Gasteiger partial charge in [-0.25, -0.2) is 0 Å². The summed E-state index contributed by atoms with van der Waals surface area (Å²) in [4.78, 5) is 49.4. The molecule has 4 rings (SSSR count). The van der Waals surface area contributed by atoms with Crippen LogP contribution in [0.3, 0.4) is 0 Å². The molecule has 0 radical (unpaired) electrons. The topological polar surface area (TPSA) is 97.7 Å². The van der Waals surface area contributed by atoms with Gasteiger partial charge in [-0.1, -0.05) is 19.4 Å². The summed E-state index contributed by atoms with van der Waals surface area (Å²) in [6.07, 6.45) is 5.66. The van der Waals surface area contributed by atoms with Crippen molar-refractivity contribution in [3.8, 4) is 0 Å². The largest absolute Gasteiger partial charge is 0.458 e. The molecule has 158 valence electrons. The third kappa shape index (κ3) is 2.78.